The van der Waals surface area contributed by atoms with Crippen LogP contribution >= 0.6 is 0 Å². The Morgan fingerprint density at radius 2 is 2.04 bits per heavy atom. The number of nitro groups is 1. The maximum Gasteiger partial charge on any atom is 0.271 e. The van der Waals surface area contributed by atoms with Crippen LogP contribution in [0.1, 0.15) is 19.4 Å². The number of hydrogen-bond donors (Lipinski definition) is 2. The molecule has 0 amide bonds. The summed E-state index contributed by atoms with van der Waals surface area (Å²) in [5, 5.41) is 15.1. The number of nitro benzene ring substituents is 1. The summed E-state index contributed by atoms with van der Waals surface area (Å²) >= 11 is 0. The van der Waals surface area contributed by atoms with Gasteiger partial charge in [0.2, 0.25) is 0 Å². The number of rotatable bonds is 6. The largest absolute Gasteiger partial charge is 0.358 e. The number of halogens is 1. The summed E-state index contributed by atoms with van der Waals surface area (Å²) in [5.74, 6) is -0.262. The molecule has 0 aromatic heterocycles. The molecule has 148 valence electrons. The van der Waals surface area contributed by atoms with Gasteiger partial charge in [-0.25, -0.2) is 4.39 Å². The van der Waals surface area contributed by atoms with Crippen LogP contribution in [0.5, 0.6) is 0 Å². The zero-order valence-corrected chi connectivity index (χ0v) is 16.1. The molecule has 0 aliphatic carbocycles. The lowest BCUT2D eigenvalue weighted by atomic mass is 10.1. The summed E-state index contributed by atoms with van der Waals surface area (Å²) in [5.41, 5.74) is 5.16. The monoisotopic (exact) mass is 386 g/mol. The quantitative estimate of drug-likeness (QED) is 0.454. The van der Waals surface area contributed by atoms with Crippen molar-refractivity contribution in [3.63, 3.8) is 0 Å². The van der Waals surface area contributed by atoms with E-state index in [0.717, 1.165) is 32.7 Å². The van der Waals surface area contributed by atoms with Crippen molar-refractivity contribution in [3.05, 3.63) is 64.0 Å². The van der Waals surface area contributed by atoms with Crippen molar-refractivity contribution in [1.82, 2.24) is 0 Å². The summed E-state index contributed by atoms with van der Waals surface area (Å²) in [6.07, 6.45) is 0. The average Bonchev–Trinajstić information content (AvgIpc) is 2.72. The van der Waals surface area contributed by atoms with Gasteiger partial charge in [0.05, 0.1) is 54.7 Å². The Bertz CT molecular complexity index is 879. The minimum Gasteiger partial charge on any atom is -0.358 e. The van der Waals surface area contributed by atoms with E-state index in [2.05, 4.69) is 22.4 Å². The number of nitrogens with zero attached hydrogens (tertiary/aromatic N) is 3. The first-order chi connectivity index (χ1) is 13.5. The van der Waals surface area contributed by atoms with Crippen LogP contribution in [0.3, 0.4) is 0 Å². The predicted molar refractivity (Wildman–Crippen MR) is 109 cm³/mol. The maximum absolute atomic E-state index is 14.7. The van der Waals surface area contributed by atoms with Crippen molar-refractivity contribution in [3.8, 4) is 0 Å². The summed E-state index contributed by atoms with van der Waals surface area (Å²) in [4.78, 5) is 14.0. The van der Waals surface area contributed by atoms with Gasteiger partial charge in [-0.05, 0) is 32.0 Å². The Kier molecular flexibility index (Phi) is 6.20. The Morgan fingerprint density at radius 3 is 2.68 bits per heavy atom. The predicted octanol–water partition coefficient (Wildman–Crippen LogP) is 2.29. The fraction of sp³-hybridized carbons (Fsp3) is 0.350. The molecule has 1 aliphatic rings. The van der Waals surface area contributed by atoms with Gasteiger partial charge in [-0.2, -0.15) is 5.10 Å². The molecule has 1 saturated heterocycles. The zero-order valence-electron chi connectivity index (χ0n) is 16.1. The molecule has 1 heterocycles. The normalized spacial score (nSPS) is 15.5. The highest BCUT2D eigenvalue weighted by Gasteiger charge is 2.21. The van der Waals surface area contributed by atoms with Crippen molar-refractivity contribution in [2.24, 2.45) is 5.10 Å². The third kappa shape index (κ3) is 4.64. The second-order valence-corrected chi connectivity index (χ2v) is 6.87. The SMILES string of the molecule is CC[NH+]1CCN(c2ccc(/C(C)=N\Nc3cccc([N+](=O)[O-])c3)cc2F)CC1. The molecule has 0 saturated carbocycles. The van der Waals surface area contributed by atoms with Gasteiger partial charge in [0.15, 0.2) is 0 Å². The number of hydrogen-bond acceptors (Lipinski definition) is 5. The van der Waals surface area contributed by atoms with E-state index in [-0.39, 0.29) is 11.5 Å². The van der Waals surface area contributed by atoms with Gasteiger partial charge in [-0.15, -0.1) is 0 Å². The summed E-state index contributed by atoms with van der Waals surface area (Å²) in [7, 11) is 0. The molecular weight excluding hydrogens is 361 g/mol. The van der Waals surface area contributed by atoms with Crippen LogP contribution in [0.2, 0.25) is 0 Å². The maximum atomic E-state index is 14.7. The van der Waals surface area contributed by atoms with Gasteiger partial charge in [0, 0.05) is 17.7 Å². The molecule has 2 N–H and O–H groups in total. The zero-order chi connectivity index (χ0) is 20.1. The Morgan fingerprint density at radius 1 is 1.29 bits per heavy atom. The van der Waals surface area contributed by atoms with E-state index < -0.39 is 4.92 Å². The molecule has 0 atom stereocenters. The van der Waals surface area contributed by atoms with Gasteiger partial charge >= 0.3 is 0 Å². The molecule has 8 heteroatoms. The molecule has 1 fully saturated rings. The lowest BCUT2D eigenvalue weighted by Gasteiger charge is -2.33. The highest BCUT2D eigenvalue weighted by molar-refractivity contribution is 5.99. The lowest BCUT2D eigenvalue weighted by molar-refractivity contribution is -0.898. The van der Waals surface area contributed by atoms with Crippen LogP contribution in [-0.2, 0) is 0 Å². The van der Waals surface area contributed by atoms with Crippen LogP contribution in [0.15, 0.2) is 47.6 Å². The molecule has 7 nitrogen and oxygen atoms in total. The summed E-state index contributed by atoms with van der Waals surface area (Å²) < 4.78 is 14.7. The molecule has 0 bridgehead atoms. The van der Waals surface area contributed by atoms with Crippen LogP contribution in [-0.4, -0.2) is 43.4 Å². The van der Waals surface area contributed by atoms with E-state index in [9.17, 15) is 14.5 Å². The van der Waals surface area contributed by atoms with E-state index in [1.165, 1.54) is 18.2 Å². The van der Waals surface area contributed by atoms with Gasteiger partial charge < -0.3 is 9.80 Å². The number of quaternary nitrogens is 1. The minimum absolute atomic E-state index is 0.0155. The Hall–Kier alpha value is -3.00. The Labute approximate surface area is 163 Å². The number of benzene rings is 2. The third-order valence-corrected chi connectivity index (χ3v) is 5.09. The molecule has 28 heavy (non-hydrogen) atoms. The average molecular weight is 386 g/mol. The highest BCUT2D eigenvalue weighted by atomic mass is 19.1. The molecule has 2 aromatic carbocycles. The van der Waals surface area contributed by atoms with E-state index in [1.54, 1.807) is 30.0 Å². The van der Waals surface area contributed by atoms with Crippen molar-refractivity contribution in [1.29, 1.82) is 0 Å². The first-order valence-corrected chi connectivity index (χ1v) is 9.41. The standard InChI is InChI=1S/C20H24FN5O2/c1-3-24-9-11-25(12-10-24)20-8-7-16(13-19(20)21)15(2)22-23-17-5-4-6-18(14-17)26(27)28/h4-8,13-14,23H,3,9-12H2,1-2H3/p+1/b22-15-. The number of hydrazone groups is 1. The van der Waals surface area contributed by atoms with Gasteiger partial charge in [0.25, 0.3) is 5.69 Å². The second-order valence-electron chi connectivity index (χ2n) is 6.87. The van der Waals surface area contributed by atoms with Gasteiger partial charge in [0.1, 0.15) is 5.82 Å². The number of anilines is 2. The molecular formula is C20H25FN5O2+. The fourth-order valence-electron chi connectivity index (χ4n) is 3.31. The van der Waals surface area contributed by atoms with E-state index in [4.69, 9.17) is 0 Å². The lowest BCUT2D eigenvalue weighted by Crippen LogP contribution is -3.14. The van der Waals surface area contributed by atoms with Gasteiger partial charge in [-0.1, -0.05) is 12.1 Å². The van der Waals surface area contributed by atoms with Crippen molar-refractivity contribution < 1.29 is 14.2 Å². The van der Waals surface area contributed by atoms with Gasteiger partial charge in [-0.3, -0.25) is 15.5 Å². The number of piperazine rings is 1. The number of non-ortho nitro benzene ring substituents is 1. The minimum atomic E-state index is -0.461. The molecule has 2 aromatic rings. The van der Waals surface area contributed by atoms with Crippen LogP contribution in [0, 0.1) is 15.9 Å². The summed E-state index contributed by atoms with van der Waals surface area (Å²) in [6, 6.07) is 11.2. The molecule has 1 aliphatic heterocycles. The first kappa shape index (κ1) is 19.8. The molecule has 0 spiro atoms. The van der Waals surface area contributed by atoms with Crippen LogP contribution in [0.4, 0.5) is 21.5 Å². The molecule has 3 rings (SSSR count). The van der Waals surface area contributed by atoms with Crippen LogP contribution < -0.4 is 15.2 Å². The topological polar surface area (TPSA) is 75.2 Å². The Balaban J connectivity index is 1.70. The van der Waals surface area contributed by atoms with Crippen molar-refractivity contribution in [2.75, 3.05) is 43.0 Å². The summed E-state index contributed by atoms with van der Waals surface area (Å²) in [6.45, 7) is 8.77. The van der Waals surface area contributed by atoms with E-state index in [0.29, 0.717) is 22.6 Å². The fourth-order valence-corrected chi connectivity index (χ4v) is 3.31. The van der Waals surface area contributed by atoms with Crippen LogP contribution in [0.25, 0.3) is 0 Å². The van der Waals surface area contributed by atoms with Crippen molar-refractivity contribution in [2.45, 2.75) is 13.8 Å². The molecule has 0 unspecified atom stereocenters. The second kappa shape index (κ2) is 8.79. The van der Waals surface area contributed by atoms with E-state index >= 15 is 0 Å². The number of likely N-dealkylation sites (N-methyl/N-ethyl adjacent to an activating group) is 1. The smallest absolute Gasteiger partial charge is 0.271 e. The van der Waals surface area contributed by atoms with E-state index in [1.807, 2.05) is 6.07 Å². The number of nitrogens with one attached hydrogen (secondary N) is 2. The third-order valence-electron chi connectivity index (χ3n) is 5.09. The van der Waals surface area contributed by atoms with Crippen molar-refractivity contribution >= 4 is 22.8 Å². The first-order valence-electron chi connectivity index (χ1n) is 9.41. The highest BCUT2D eigenvalue weighted by Crippen LogP contribution is 2.22. The molecule has 0 radical (unpaired) electrons.